The lowest BCUT2D eigenvalue weighted by Crippen LogP contribution is -2.36. The molecule has 32 heavy (non-hydrogen) atoms. The zero-order valence-electron chi connectivity index (χ0n) is 16.8. The molecule has 1 aromatic carbocycles. The number of nitrogens with one attached hydrogen (secondary N) is 2. The molecule has 3 heterocycles. The van der Waals surface area contributed by atoms with E-state index in [1.54, 1.807) is 43.0 Å². The van der Waals surface area contributed by atoms with Crippen LogP contribution in [0.3, 0.4) is 0 Å². The molecule has 4 aromatic rings. The minimum absolute atomic E-state index is 0.359. The van der Waals surface area contributed by atoms with Crippen LogP contribution in [-0.4, -0.2) is 40.2 Å². The van der Waals surface area contributed by atoms with Gasteiger partial charge in [0.1, 0.15) is 12.2 Å². The lowest BCUT2D eigenvalue weighted by Gasteiger charge is -2.11. The number of imidazole rings is 1. The van der Waals surface area contributed by atoms with Crippen molar-refractivity contribution < 1.29 is 22.7 Å². The smallest absolute Gasteiger partial charge is 0.405 e. The highest BCUT2D eigenvalue weighted by atomic mass is 19.4. The maximum atomic E-state index is 12.3. The summed E-state index contributed by atoms with van der Waals surface area (Å²) in [5.74, 6) is 0.509. The topological polar surface area (TPSA) is 80.5 Å². The first-order valence-corrected chi connectivity index (χ1v) is 9.52. The third kappa shape index (κ3) is 4.80. The second-order valence-corrected chi connectivity index (χ2v) is 6.88. The summed E-state index contributed by atoms with van der Waals surface area (Å²) in [6.45, 7) is -1.41. The third-order valence-electron chi connectivity index (χ3n) is 4.66. The van der Waals surface area contributed by atoms with Gasteiger partial charge in [-0.15, -0.1) is 0 Å². The maximum absolute atomic E-state index is 12.3. The van der Waals surface area contributed by atoms with Crippen molar-refractivity contribution in [3.8, 4) is 28.3 Å². The fraction of sp³-hybridized carbons (Fsp3) is 0.136. The van der Waals surface area contributed by atoms with Crippen molar-refractivity contribution in [2.24, 2.45) is 0 Å². The highest BCUT2D eigenvalue weighted by Gasteiger charge is 2.27. The molecule has 0 saturated heterocycles. The number of aromatic nitrogens is 3. The number of halogens is 3. The van der Waals surface area contributed by atoms with Gasteiger partial charge in [0, 0.05) is 29.7 Å². The molecular weight excluding hydrogens is 423 g/mol. The van der Waals surface area contributed by atoms with Gasteiger partial charge in [-0.05, 0) is 41.5 Å². The van der Waals surface area contributed by atoms with E-state index in [1.807, 2.05) is 40.9 Å². The molecule has 0 spiro atoms. The molecular formula is C22H18F3N5O2. The van der Waals surface area contributed by atoms with Gasteiger partial charge in [0.2, 0.25) is 5.88 Å². The molecule has 4 rings (SSSR count). The first-order chi connectivity index (χ1) is 15.3. The number of carbonyl (C=O) groups excluding carboxylic acids is 1. The fourth-order valence-corrected chi connectivity index (χ4v) is 3.19. The number of amides is 2. The minimum atomic E-state index is -4.48. The Morgan fingerprint density at radius 3 is 2.66 bits per heavy atom. The van der Waals surface area contributed by atoms with Crippen molar-refractivity contribution in [1.82, 2.24) is 19.7 Å². The van der Waals surface area contributed by atoms with Gasteiger partial charge >= 0.3 is 12.2 Å². The zero-order chi connectivity index (χ0) is 22.7. The molecule has 0 aliphatic heterocycles. The summed E-state index contributed by atoms with van der Waals surface area (Å²) >= 11 is 0. The fourth-order valence-electron chi connectivity index (χ4n) is 3.19. The Morgan fingerprint density at radius 1 is 1.06 bits per heavy atom. The van der Waals surface area contributed by atoms with Crippen molar-refractivity contribution in [3.63, 3.8) is 0 Å². The average molecular weight is 441 g/mol. The maximum Gasteiger partial charge on any atom is 0.405 e. The molecule has 10 heteroatoms. The average Bonchev–Trinajstić information content (AvgIpc) is 3.21. The van der Waals surface area contributed by atoms with Crippen LogP contribution in [0.2, 0.25) is 0 Å². The third-order valence-corrected chi connectivity index (χ3v) is 4.66. The number of carbonyl (C=O) groups is 1. The van der Waals surface area contributed by atoms with Crippen molar-refractivity contribution >= 4 is 17.4 Å². The number of nitrogens with zero attached hydrogens (tertiary/aromatic N) is 3. The summed E-state index contributed by atoms with van der Waals surface area (Å²) in [7, 11) is 1.55. The number of pyridine rings is 2. The van der Waals surface area contributed by atoms with Crippen molar-refractivity contribution in [3.05, 3.63) is 67.1 Å². The number of rotatable bonds is 5. The summed E-state index contributed by atoms with van der Waals surface area (Å²) in [5.41, 5.74) is 4.43. The van der Waals surface area contributed by atoms with Crippen LogP contribution in [0.25, 0.3) is 28.0 Å². The molecule has 0 atom stereocenters. The molecule has 0 aliphatic rings. The molecule has 0 unspecified atom stereocenters. The lowest BCUT2D eigenvalue weighted by molar-refractivity contribution is -0.122. The van der Waals surface area contributed by atoms with Gasteiger partial charge in [-0.3, -0.25) is 4.40 Å². The van der Waals surface area contributed by atoms with Gasteiger partial charge in [-0.25, -0.2) is 14.8 Å². The highest BCUT2D eigenvalue weighted by Crippen LogP contribution is 2.27. The standard InChI is InChI=1S/C22H18F3N5O2/c1-32-20-11-14(5-7-26-20)15-6-8-30-18(12-27-19(30)10-15)16-3-2-4-17(9-16)29-21(31)28-13-22(23,24)25/h2-12H,13H2,1H3,(H2,28,29,31). The molecule has 0 radical (unpaired) electrons. The van der Waals surface area contributed by atoms with Gasteiger partial charge in [-0.1, -0.05) is 12.1 Å². The Labute approximate surface area is 180 Å². The van der Waals surface area contributed by atoms with E-state index in [2.05, 4.69) is 15.3 Å². The van der Waals surface area contributed by atoms with E-state index in [4.69, 9.17) is 4.74 Å². The molecule has 0 bridgehead atoms. The van der Waals surface area contributed by atoms with E-state index in [0.717, 1.165) is 22.4 Å². The molecule has 2 amide bonds. The summed E-state index contributed by atoms with van der Waals surface area (Å²) < 4.78 is 43.9. The number of methoxy groups -OCH3 is 1. The van der Waals surface area contributed by atoms with Gasteiger partial charge in [-0.2, -0.15) is 13.2 Å². The molecule has 7 nitrogen and oxygen atoms in total. The number of benzene rings is 1. The molecule has 164 valence electrons. The first kappa shape index (κ1) is 21.2. The minimum Gasteiger partial charge on any atom is -0.481 e. The van der Waals surface area contributed by atoms with Crippen LogP contribution in [0.5, 0.6) is 5.88 Å². The Kier molecular flexibility index (Phi) is 5.67. The lowest BCUT2D eigenvalue weighted by atomic mass is 10.1. The second kappa shape index (κ2) is 8.58. The van der Waals surface area contributed by atoms with E-state index in [1.165, 1.54) is 0 Å². The monoisotopic (exact) mass is 441 g/mol. The largest absolute Gasteiger partial charge is 0.481 e. The highest BCUT2D eigenvalue weighted by molar-refractivity contribution is 5.90. The molecule has 3 aromatic heterocycles. The van der Waals surface area contributed by atoms with E-state index in [9.17, 15) is 18.0 Å². The summed E-state index contributed by atoms with van der Waals surface area (Å²) in [6.07, 6.45) is 0.750. The molecule has 0 fully saturated rings. The van der Waals surface area contributed by atoms with Crippen LogP contribution < -0.4 is 15.4 Å². The predicted molar refractivity (Wildman–Crippen MR) is 113 cm³/mol. The number of urea groups is 1. The zero-order valence-corrected chi connectivity index (χ0v) is 16.8. The van der Waals surface area contributed by atoms with Crippen LogP contribution in [0.4, 0.5) is 23.7 Å². The Balaban J connectivity index is 1.57. The SMILES string of the molecule is COc1cc(-c2ccn3c(-c4cccc(NC(=O)NCC(F)(F)F)c4)cnc3c2)ccn1. The van der Waals surface area contributed by atoms with Crippen molar-refractivity contribution in [2.45, 2.75) is 6.18 Å². The number of ether oxygens (including phenoxy) is 1. The van der Waals surface area contributed by atoms with Gasteiger partial charge < -0.3 is 15.4 Å². The van der Waals surface area contributed by atoms with Gasteiger partial charge in [0.05, 0.1) is 19.0 Å². The Morgan fingerprint density at radius 2 is 1.88 bits per heavy atom. The van der Waals surface area contributed by atoms with E-state index < -0.39 is 18.8 Å². The predicted octanol–water partition coefficient (Wildman–Crippen LogP) is 4.76. The van der Waals surface area contributed by atoms with E-state index in [0.29, 0.717) is 17.2 Å². The van der Waals surface area contributed by atoms with Gasteiger partial charge in [0.15, 0.2) is 0 Å². The number of alkyl halides is 3. The normalized spacial score (nSPS) is 11.4. The molecule has 0 saturated carbocycles. The number of hydrogen-bond donors (Lipinski definition) is 2. The van der Waals surface area contributed by atoms with Crippen LogP contribution in [-0.2, 0) is 0 Å². The summed E-state index contributed by atoms with van der Waals surface area (Å²) in [5, 5.41) is 4.19. The Hall–Kier alpha value is -4.08. The summed E-state index contributed by atoms with van der Waals surface area (Å²) in [4.78, 5) is 20.3. The van der Waals surface area contributed by atoms with Crippen LogP contribution in [0.15, 0.2) is 67.1 Å². The van der Waals surface area contributed by atoms with Crippen LogP contribution in [0, 0.1) is 0 Å². The second-order valence-electron chi connectivity index (χ2n) is 6.88. The summed E-state index contributed by atoms with van der Waals surface area (Å²) in [6, 6.07) is 13.4. The Bertz CT molecular complexity index is 1270. The first-order valence-electron chi connectivity index (χ1n) is 9.52. The quantitative estimate of drug-likeness (QED) is 0.468. The molecule has 0 aliphatic carbocycles. The van der Waals surface area contributed by atoms with Crippen LogP contribution in [0.1, 0.15) is 0 Å². The van der Waals surface area contributed by atoms with Crippen LogP contribution >= 0.6 is 0 Å². The van der Waals surface area contributed by atoms with Crippen molar-refractivity contribution in [1.29, 1.82) is 0 Å². The van der Waals surface area contributed by atoms with Crippen molar-refractivity contribution in [2.75, 3.05) is 19.0 Å². The van der Waals surface area contributed by atoms with Gasteiger partial charge in [0.25, 0.3) is 0 Å². The van der Waals surface area contributed by atoms with E-state index >= 15 is 0 Å². The number of hydrogen-bond acceptors (Lipinski definition) is 4. The number of anilines is 1. The number of fused-ring (bicyclic) bond motifs is 1. The van der Waals surface area contributed by atoms with E-state index in [-0.39, 0.29) is 0 Å². The molecule has 2 N–H and O–H groups in total.